The summed E-state index contributed by atoms with van der Waals surface area (Å²) in [5, 5.41) is 11.5. The number of aliphatic hydroxyl groups is 1. The molecule has 2 heterocycles. The summed E-state index contributed by atoms with van der Waals surface area (Å²) < 4.78 is 0. The Kier molecular flexibility index (Phi) is 2.30. The van der Waals surface area contributed by atoms with Gasteiger partial charge in [0.15, 0.2) is 0 Å². The summed E-state index contributed by atoms with van der Waals surface area (Å²) in [6, 6.07) is 9.75. The van der Waals surface area contributed by atoms with Gasteiger partial charge in [0.05, 0.1) is 19.1 Å². The summed E-state index contributed by atoms with van der Waals surface area (Å²) in [6.45, 7) is 0.337. The molecule has 1 aliphatic rings. The van der Waals surface area contributed by atoms with Gasteiger partial charge in [0.25, 0.3) is 0 Å². The molecule has 0 radical (unpaired) electrons. The Morgan fingerprint density at radius 1 is 1.29 bits per heavy atom. The van der Waals surface area contributed by atoms with Gasteiger partial charge in [-0.15, -0.1) is 0 Å². The lowest BCUT2D eigenvalue weighted by atomic mass is 10.2. The molecule has 0 saturated carbocycles. The number of benzene rings is 1. The Hall–Kier alpha value is -1.94. The number of amides is 1. The monoisotopic (exact) mass is 228 g/mol. The van der Waals surface area contributed by atoms with Crippen LogP contribution in [0.25, 0.3) is 10.8 Å². The van der Waals surface area contributed by atoms with Crippen molar-refractivity contribution in [1.82, 2.24) is 4.98 Å². The second-order valence-electron chi connectivity index (χ2n) is 4.25. The van der Waals surface area contributed by atoms with Crippen LogP contribution in [0.5, 0.6) is 0 Å². The fourth-order valence-corrected chi connectivity index (χ4v) is 2.13. The smallest absolute Gasteiger partial charge is 0.230 e. The van der Waals surface area contributed by atoms with Gasteiger partial charge in [-0.05, 0) is 11.5 Å². The van der Waals surface area contributed by atoms with Crippen molar-refractivity contribution >= 4 is 22.5 Å². The van der Waals surface area contributed by atoms with E-state index in [1.807, 2.05) is 30.3 Å². The fraction of sp³-hybridized carbons (Fsp3) is 0.231. The van der Waals surface area contributed by atoms with Crippen molar-refractivity contribution in [3.8, 4) is 0 Å². The van der Waals surface area contributed by atoms with Gasteiger partial charge in [0.2, 0.25) is 5.91 Å². The van der Waals surface area contributed by atoms with Crippen LogP contribution in [0.4, 0.5) is 5.82 Å². The molecule has 86 valence electrons. The molecule has 1 aliphatic heterocycles. The molecule has 1 saturated heterocycles. The Morgan fingerprint density at radius 3 is 2.76 bits per heavy atom. The van der Waals surface area contributed by atoms with E-state index in [0.29, 0.717) is 12.4 Å². The predicted octanol–water partition coefficient (Wildman–Crippen LogP) is 1.33. The quantitative estimate of drug-likeness (QED) is 0.801. The average molecular weight is 228 g/mol. The standard InChI is InChI=1S/C13H12N2O2/c16-11-6-13(17)15(8-11)12-5-9-3-1-2-4-10(9)7-14-12/h1-5,7,11,16H,6,8H2. The molecule has 1 N–H and O–H groups in total. The van der Waals surface area contributed by atoms with E-state index >= 15 is 0 Å². The Morgan fingerprint density at radius 2 is 2.06 bits per heavy atom. The number of anilines is 1. The van der Waals surface area contributed by atoms with E-state index in [1.165, 1.54) is 4.90 Å². The molecule has 1 aromatic carbocycles. The van der Waals surface area contributed by atoms with Crippen LogP contribution in [-0.2, 0) is 4.79 Å². The molecule has 4 heteroatoms. The van der Waals surface area contributed by atoms with Crippen LogP contribution in [0.15, 0.2) is 36.5 Å². The lowest BCUT2D eigenvalue weighted by Crippen LogP contribution is -2.26. The minimum Gasteiger partial charge on any atom is -0.391 e. The van der Waals surface area contributed by atoms with Crippen molar-refractivity contribution < 1.29 is 9.90 Å². The SMILES string of the molecule is O=C1CC(O)CN1c1cc2ccccc2cn1. The number of rotatable bonds is 1. The van der Waals surface area contributed by atoms with Crippen LogP contribution < -0.4 is 4.90 Å². The highest BCUT2D eigenvalue weighted by molar-refractivity contribution is 5.97. The zero-order chi connectivity index (χ0) is 11.8. The maximum atomic E-state index is 11.6. The van der Waals surface area contributed by atoms with Crippen LogP contribution in [0.1, 0.15) is 6.42 Å². The van der Waals surface area contributed by atoms with E-state index in [0.717, 1.165) is 10.8 Å². The van der Waals surface area contributed by atoms with Crippen LogP contribution >= 0.6 is 0 Å². The molecule has 0 spiro atoms. The highest BCUT2D eigenvalue weighted by Crippen LogP contribution is 2.23. The summed E-state index contributed by atoms with van der Waals surface area (Å²) in [4.78, 5) is 17.5. The van der Waals surface area contributed by atoms with Gasteiger partial charge in [0.1, 0.15) is 5.82 Å². The number of fused-ring (bicyclic) bond motifs is 1. The second-order valence-corrected chi connectivity index (χ2v) is 4.25. The molecule has 1 fully saturated rings. The van der Waals surface area contributed by atoms with Gasteiger partial charge in [-0.25, -0.2) is 4.98 Å². The largest absolute Gasteiger partial charge is 0.391 e. The Labute approximate surface area is 98.5 Å². The van der Waals surface area contributed by atoms with Gasteiger partial charge in [-0.1, -0.05) is 24.3 Å². The number of aliphatic hydroxyl groups excluding tert-OH is 1. The number of hydrogen-bond acceptors (Lipinski definition) is 3. The zero-order valence-electron chi connectivity index (χ0n) is 9.21. The minimum atomic E-state index is -0.573. The molecule has 1 unspecified atom stereocenters. The van der Waals surface area contributed by atoms with Gasteiger partial charge in [-0.2, -0.15) is 0 Å². The number of pyridine rings is 1. The highest BCUT2D eigenvalue weighted by Gasteiger charge is 2.29. The van der Waals surface area contributed by atoms with E-state index in [2.05, 4.69) is 4.98 Å². The third kappa shape index (κ3) is 1.76. The zero-order valence-corrected chi connectivity index (χ0v) is 9.21. The molecule has 4 nitrogen and oxygen atoms in total. The summed E-state index contributed by atoms with van der Waals surface area (Å²) >= 11 is 0. The van der Waals surface area contributed by atoms with Gasteiger partial charge in [-0.3, -0.25) is 9.69 Å². The first-order chi connectivity index (χ1) is 8.24. The van der Waals surface area contributed by atoms with Crippen LogP contribution in [0, 0.1) is 0 Å². The summed E-state index contributed by atoms with van der Waals surface area (Å²) in [6.07, 6.45) is 1.37. The molecule has 0 bridgehead atoms. The number of aromatic nitrogens is 1. The van der Waals surface area contributed by atoms with Gasteiger partial charge in [0, 0.05) is 11.6 Å². The highest BCUT2D eigenvalue weighted by atomic mass is 16.3. The summed E-state index contributed by atoms with van der Waals surface area (Å²) in [5.41, 5.74) is 0. The molecule has 17 heavy (non-hydrogen) atoms. The molecule has 3 rings (SSSR count). The van der Waals surface area contributed by atoms with Crippen LogP contribution in [-0.4, -0.2) is 28.6 Å². The van der Waals surface area contributed by atoms with Crippen molar-refractivity contribution in [2.24, 2.45) is 0 Å². The Balaban J connectivity index is 2.03. The van der Waals surface area contributed by atoms with Crippen molar-refractivity contribution in [2.75, 3.05) is 11.4 Å². The molecule has 1 atom stereocenters. The molecular formula is C13H12N2O2. The first-order valence-electron chi connectivity index (χ1n) is 5.57. The molecular weight excluding hydrogens is 216 g/mol. The topological polar surface area (TPSA) is 53.4 Å². The van der Waals surface area contributed by atoms with Crippen molar-refractivity contribution in [3.05, 3.63) is 36.5 Å². The first kappa shape index (κ1) is 10.2. The molecule has 1 aromatic heterocycles. The lowest BCUT2D eigenvalue weighted by molar-refractivity contribution is -0.117. The van der Waals surface area contributed by atoms with Gasteiger partial charge >= 0.3 is 0 Å². The fourth-order valence-electron chi connectivity index (χ4n) is 2.13. The second kappa shape index (κ2) is 3.82. The van der Waals surface area contributed by atoms with Crippen molar-refractivity contribution in [1.29, 1.82) is 0 Å². The Bertz CT molecular complexity index is 582. The molecule has 0 aliphatic carbocycles. The van der Waals surface area contributed by atoms with Gasteiger partial charge < -0.3 is 5.11 Å². The first-order valence-corrected chi connectivity index (χ1v) is 5.57. The van der Waals surface area contributed by atoms with E-state index < -0.39 is 6.10 Å². The molecule has 1 amide bonds. The third-order valence-corrected chi connectivity index (χ3v) is 3.00. The van der Waals surface area contributed by atoms with E-state index in [-0.39, 0.29) is 12.3 Å². The molecule has 2 aromatic rings. The minimum absolute atomic E-state index is 0.0692. The number of hydrogen-bond donors (Lipinski definition) is 1. The van der Waals surface area contributed by atoms with E-state index in [9.17, 15) is 9.90 Å². The normalized spacial score (nSPS) is 20.2. The average Bonchev–Trinajstić information content (AvgIpc) is 2.68. The maximum Gasteiger partial charge on any atom is 0.230 e. The van der Waals surface area contributed by atoms with Crippen LogP contribution in [0.3, 0.4) is 0 Å². The number of β-amino-alcohol motifs (C(OH)–C–C–N with tert-alkyl or cyclic N) is 1. The van der Waals surface area contributed by atoms with E-state index in [1.54, 1.807) is 6.20 Å². The number of carbonyl (C=O) groups excluding carboxylic acids is 1. The number of nitrogens with zero attached hydrogens (tertiary/aromatic N) is 2. The maximum absolute atomic E-state index is 11.6. The van der Waals surface area contributed by atoms with E-state index in [4.69, 9.17) is 0 Å². The lowest BCUT2D eigenvalue weighted by Gasteiger charge is -2.14. The van der Waals surface area contributed by atoms with Crippen LogP contribution in [0.2, 0.25) is 0 Å². The summed E-state index contributed by atoms with van der Waals surface area (Å²) in [5.74, 6) is 0.547. The summed E-state index contributed by atoms with van der Waals surface area (Å²) in [7, 11) is 0. The van der Waals surface area contributed by atoms with Crippen molar-refractivity contribution in [3.63, 3.8) is 0 Å². The van der Waals surface area contributed by atoms with Crippen molar-refractivity contribution in [2.45, 2.75) is 12.5 Å². The predicted molar refractivity (Wildman–Crippen MR) is 64.7 cm³/mol. The third-order valence-electron chi connectivity index (χ3n) is 3.00. The number of carbonyl (C=O) groups is 1.